The van der Waals surface area contributed by atoms with Crippen molar-refractivity contribution in [2.75, 3.05) is 6.61 Å². The summed E-state index contributed by atoms with van der Waals surface area (Å²) in [5, 5.41) is 0. The number of esters is 1. The Morgan fingerprint density at radius 2 is 1.95 bits per heavy atom. The summed E-state index contributed by atoms with van der Waals surface area (Å²) in [5.41, 5.74) is 2.80. The second-order valence-corrected chi connectivity index (χ2v) is 5.23. The van der Waals surface area contributed by atoms with E-state index in [0.29, 0.717) is 18.2 Å². The number of hydrogen-bond donors (Lipinski definition) is 0. The molecule has 1 saturated carbocycles. The second kappa shape index (κ2) is 5.60. The van der Waals surface area contributed by atoms with Gasteiger partial charge in [0.25, 0.3) is 0 Å². The Balaban J connectivity index is 1.99. The fourth-order valence-electron chi connectivity index (χ4n) is 2.18. The third-order valence-corrected chi connectivity index (χ3v) is 3.42. The predicted molar refractivity (Wildman–Crippen MR) is 77.9 cm³/mol. The zero-order valence-electron chi connectivity index (χ0n) is 12.2. The van der Waals surface area contributed by atoms with Gasteiger partial charge < -0.3 is 4.74 Å². The highest BCUT2D eigenvalue weighted by atomic mass is 16.5. The molecule has 0 aliphatic heterocycles. The molecule has 2 aromatic rings. The molecule has 0 N–H and O–H groups in total. The molecular weight excluding hydrogens is 266 g/mol. The minimum Gasteiger partial charge on any atom is -0.461 e. The Morgan fingerprint density at radius 3 is 2.57 bits per heavy atom. The summed E-state index contributed by atoms with van der Waals surface area (Å²) in [5.74, 6) is 0.982. The van der Waals surface area contributed by atoms with E-state index in [9.17, 15) is 4.79 Å². The van der Waals surface area contributed by atoms with Gasteiger partial charge in [0, 0.05) is 35.6 Å². The zero-order valence-corrected chi connectivity index (χ0v) is 12.2. The maximum atomic E-state index is 12.0. The Kier molecular flexibility index (Phi) is 3.64. The Labute approximate surface area is 123 Å². The van der Waals surface area contributed by atoms with Gasteiger partial charge in [0.15, 0.2) is 5.69 Å². The van der Waals surface area contributed by atoms with Gasteiger partial charge in [0.2, 0.25) is 0 Å². The first-order valence-electron chi connectivity index (χ1n) is 7.15. The zero-order chi connectivity index (χ0) is 14.8. The molecule has 2 heterocycles. The highest BCUT2D eigenvalue weighted by Gasteiger charge is 2.26. The van der Waals surface area contributed by atoms with Crippen LogP contribution in [0.4, 0.5) is 0 Å². The lowest BCUT2D eigenvalue weighted by Gasteiger charge is -2.09. The molecule has 1 aliphatic carbocycles. The van der Waals surface area contributed by atoms with Gasteiger partial charge in [-0.3, -0.25) is 0 Å². The van der Waals surface area contributed by atoms with Crippen LogP contribution in [0.1, 0.15) is 47.6 Å². The molecule has 0 radical (unpaired) electrons. The lowest BCUT2D eigenvalue weighted by atomic mass is 10.1. The third-order valence-electron chi connectivity index (χ3n) is 3.42. The molecular formula is C16H17N3O2. The van der Waals surface area contributed by atoms with E-state index >= 15 is 0 Å². The first-order chi connectivity index (χ1) is 10.2. The van der Waals surface area contributed by atoms with Crippen molar-refractivity contribution in [3.63, 3.8) is 0 Å². The van der Waals surface area contributed by atoms with Crippen LogP contribution in [0.5, 0.6) is 0 Å². The lowest BCUT2D eigenvalue weighted by Crippen LogP contribution is -2.09. The van der Waals surface area contributed by atoms with Crippen molar-refractivity contribution >= 4 is 5.97 Å². The molecule has 5 heteroatoms. The number of pyridine rings is 1. The SMILES string of the molecule is CCOC(=O)c1ncc(C)cc1-c1cnc(C2CC2)nc1. The average Bonchev–Trinajstić information content (AvgIpc) is 3.32. The van der Waals surface area contributed by atoms with Crippen LogP contribution in [0.3, 0.4) is 0 Å². The van der Waals surface area contributed by atoms with E-state index in [-0.39, 0.29) is 0 Å². The summed E-state index contributed by atoms with van der Waals surface area (Å²) in [6.45, 7) is 4.04. The van der Waals surface area contributed by atoms with Gasteiger partial charge in [-0.25, -0.2) is 19.7 Å². The normalized spacial score (nSPS) is 14.0. The van der Waals surface area contributed by atoms with E-state index in [1.165, 1.54) is 12.8 Å². The van der Waals surface area contributed by atoms with Crippen LogP contribution < -0.4 is 0 Å². The van der Waals surface area contributed by atoms with Crippen molar-refractivity contribution in [2.45, 2.75) is 32.6 Å². The molecule has 0 unspecified atom stereocenters. The van der Waals surface area contributed by atoms with Crippen molar-refractivity contribution in [3.05, 3.63) is 41.7 Å². The summed E-state index contributed by atoms with van der Waals surface area (Å²) < 4.78 is 5.06. The second-order valence-electron chi connectivity index (χ2n) is 5.23. The van der Waals surface area contributed by atoms with E-state index in [1.807, 2.05) is 13.0 Å². The molecule has 0 saturated heterocycles. The summed E-state index contributed by atoms with van der Waals surface area (Å²) in [6, 6.07) is 1.91. The van der Waals surface area contributed by atoms with E-state index in [1.54, 1.807) is 25.5 Å². The summed E-state index contributed by atoms with van der Waals surface area (Å²) in [6.07, 6.45) is 7.52. The molecule has 0 atom stereocenters. The predicted octanol–water partition coefficient (Wildman–Crippen LogP) is 2.90. The topological polar surface area (TPSA) is 65.0 Å². The average molecular weight is 283 g/mol. The number of nitrogens with zero attached hydrogens (tertiary/aromatic N) is 3. The van der Waals surface area contributed by atoms with Gasteiger partial charge in [0.05, 0.1) is 6.61 Å². The number of ether oxygens (including phenoxy) is 1. The Morgan fingerprint density at radius 1 is 1.24 bits per heavy atom. The Bertz CT molecular complexity index is 664. The molecule has 1 fully saturated rings. The molecule has 2 aromatic heterocycles. The van der Waals surface area contributed by atoms with E-state index in [0.717, 1.165) is 22.5 Å². The summed E-state index contributed by atoms with van der Waals surface area (Å²) in [4.78, 5) is 25.0. The van der Waals surface area contributed by atoms with E-state index in [4.69, 9.17) is 4.74 Å². The summed E-state index contributed by atoms with van der Waals surface area (Å²) in [7, 11) is 0. The molecule has 21 heavy (non-hydrogen) atoms. The van der Waals surface area contributed by atoms with Crippen LogP contribution in [0.2, 0.25) is 0 Å². The van der Waals surface area contributed by atoms with Gasteiger partial charge >= 0.3 is 5.97 Å². The molecule has 0 spiro atoms. The van der Waals surface area contributed by atoms with Crippen molar-refractivity contribution in [1.29, 1.82) is 0 Å². The first kappa shape index (κ1) is 13.7. The van der Waals surface area contributed by atoms with Gasteiger partial charge in [-0.1, -0.05) is 0 Å². The minimum absolute atomic E-state index is 0.310. The van der Waals surface area contributed by atoms with E-state index in [2.05, 4.69) is 15.0 Å². The van der Waals surface area contributed by atoms with Crippen LogP contribution in [-0.2, 0) is 4.74 Å². The quantitative estimate of drug-likeness (QED) is 0.807. The number of hydrogen-bond acceptors (Lipinski definition) is 5. The van der Waals surface area contributed by atoms with Crippen molar-refractivity contribution in [3.8, 4) is 11.1 Å². The number of carbonyl (C=O) groups is 1. The molecule has 1 aliphatic rings. The number of carbonyl (C=O) groups excluding carboxylic acids is 1. The monoisotopic (exact) mass is 283 g/mol. The summed E-state index contributed by atoms with van der Waals surface area (Å²) >= 11 is 0. The molecule has 0 amide bonds. The third kappa shape index (κ3) is 2.91. The van der Waals surface area contributed by atoms with Crippen LogP contribution >= 0.6 is 0 Å². The van der Waals surface area contributed by atoms with Crippen LogP contribution in [0.15, 0.2) is 24.7 Å². The van der Waals surface area contributed by atoms with Gasteiger partial charge in [0.1, 0.15) is 5.82 Å². The maximum Gasteiger partial charge on any atom is 0.357 e. The van der Waals surface area contributed by atoms with Crippen LogP contribution in [0, 0.1) is 6.92 Å². The van der Waals surface area contributed by atoms with Crippen LogP contribution in [0.25, 0.3) is 11.1 Å². The highest BCUT2D eigenvalue weighted by molar-refractivity contribution is 5.95. The van der Waals surface area contributed by atoms with Crippen molar-refractivity contribution < 1.29 is 9.53 Å². The standard InChI is InChI=1S/C16H17N3O2/c1-3-21-16(20)14-13(6-10(2)7-17-14)12-8-18-15(19-9-12)11-4-5-11/h6-9,11H,3-5H2,1-2H3. The van der Waals surface area contributed by atoms with Crippen molar-refractivity contribution in [1.82, 2.24) is 15.0 Å². The van der Waals surface area contributed by atoms with Crippen LogP contribution in [-0.4, -0.2) is 27.5 Å². The highest BCUT2D eigenvalue weighted by Crippen LogP contribution is 2.38. The van der Waals surface area contributed by atoms with Crippen molar-refractivity contribution in [2.24, 2.45) is 0 Å². The lowest BCUT2D eigenvalue weighted by molar-refractivity contribution is 0.0520. The smallest absolute Gasteiger partial charge is 0.357 e. The largest absolute Gasteiger partial charge is 0.461 e. The maximum absolute atomic E-state index is 12.0. The van der Waals surface area contributed by atoms with Gasteiger partial charge in [-0.15, -0.1) is 0 Å². The first-order valence-corrected chi connectivity index (χ1v) is 7.15. The molecule has 3 rings (SSSR count). The fourth-order valence-corrected chi connectivity index (χ4v) is 2.18. The molecule has 108 valence electrons. The van der Waals surface area contributed by atoms with Gasteiger partial charge in [-0.2, -0.15) is 0 Å². The molecule has 0 aromatic carbocycles. The number of aromatic nitrogens is 3. The molecule has 5 nitrogen and oxygen atoms in total. The Hall–Kier alpha value is -2.30. The number of aryl methyl sites for hydroxylation is 1. The van der Waals surface area contributed by atoms with E-state index < -0.39 is 5.97 Å². The fraction of sp³-hybridized carbons (Fsp3) is 0.375. The van der Waals surface area contributed by atoms with Gasteiger partial charge in [-0.05, 0) is 38.3 Å². The number of rotatable bonds is 4. The minimum atomic E-state index is -0.418. The molecule has 0 bridgehead atoms.